The van der Waals surface area contributed by atoms with Crippen LogP contribution >= 0.6 is 22.6 Å². The van der Waals surface area contributed by atoms with Crippen LogP contribution in [-0.4, -0.2) is 59.7 Å². The van der Waals surface area contributed by atoms with Crippen LogP contribution in [0.2, 0.25) is 0 Å². The minimum absolute atomic E-state index is 0.0353. The summed E-state index contributed by atoms with van der Waals surface area (Å²) in [4.78, 5) is 13.9. The van der Waals surface area contributed by atoms with Gasteiger partial charge >= 0.3 is 0 Å². The van der Waals surface area contributed by atoms with Crippen LogP contribution in [0.1, 0.15) is 44.6 Å². The van der Waals surface area contributed by atoms with Gasteiger partial charge in [0.2, 0.25) is 0 Å². The van der Waals surface area contributed by atoms with Crippen LogP contribution in [0.15, 0.2) is 6.33 Å². The predicted octanol–water partition coefficient (Wildman–Crippen LogP) is 1.70. The van der Waals surface area contributed by atoms with Gasteiger partial charge in [0, 0.05) is 34.0 Å². The van der Waals surface area contributed by atoms with E-state index < -0.39 is 17.6 Å². The fourth-order valence-corrected chi connectivity index (χ4v) is 6.26. The molecule has 9 heteroatoms. The van der Waals surface area contributed by atoms with Crippen molar-refractivity contribution in [1.82, 2.24) is 19.5 Å². The van der Waals surface area contributed by atoms with Crippen LogP contribution in [0.4, 0.5) is 5.82 Å². The van der Waals surface area contributed by atoms with Crippen molar-refractivity contribution in [3.63, 3.8) is 0 Å². The van der Waals surface area contributed by atoms with Gasteiger partial charge in [-0.2, -0.15) is 0 Å². The smallest absolute Gasteiger partial charge is 0.194 e. The lowest BCUT2D eigenvalue weighted by atomic mass is 9.78. The number of anilines is 1. The monoisotopic (exact) mass is 511 g/mol. The van der Waals surface area contributed by atoms with Crippen molar-refractivity contribution < 1.29 is 15.3 Å². The molecule has 6 rings (SSSR count). The zero-order valence-corrected chi connectivity index (χ0v) is 18.2. The maximum atomic E-state index is 10.7. The molecule has 0 radical (unpaired) electrons. The number of fused-ring (bicyclic) bond motifs is 2. The Morgan fingerprint density at radius 3 is 2.59 bits per heavy atom. The van der Waals surface area contributed by atoms with Gasteiger partial charge in [0.05, 0.1) is 25.1 Å². The van der Waals surface area contributed by atoms with Gasteiger partial charge in [-0.3, -0.25) is 0 Å². The number of imidazole rings is 1. The van der Waals surface area contributed by atoms with Gasteiger partial charge in [0.1, 0.15) is 6.10 Å². The maximum absolute atomic E-state index is 10.7. The van der Waals surface area contributed by atoms with Crippen molar-refractivity contribution in [3.8, 4) is 0 Å². The molecule has 0 saturated heterocycles. The van der Waals surface area contributed by atoms with Gasteiger partial charge in [-0.25, -0.2) is 15.0 Å². The highest BCUT2D eigenvalue weighted by atomic mass is 127. The molecule has 156 valence electrons. The Morgan fingerprint density at radius 1 is 1.21 bits per heavy atom. The normalized spacial score (nSPS) is 37.4. The van der Waals surface area contributed by atoms with Gasteiger partial charge in [-0.15, -0.1) is 0 Å². The first kappa shape index (κ1) is 18.7. The standard InChI is InChI=1S/C20H26IN5O3/c21-19-24-17(23-12(10-4-5-10)9-2-1-3-9)13-18(25-19)26(8-22-13)14-11-6-20(11,7-27)16(29)15(14)28/h8-12,14-16,27-29H,1-7H2,(H,23,24,25)/t11-,12-,14-,15+,16+,20+/m1/s1. The summed E-state index contributed by atoms with van der Waals surface area (Å²) >= 11 is 2.13. The summed E-state index contributed by atoms with van der Waals surface area (Å²) in [7, 11) is 0. The molecule has 4 aliphatic carbocycles. The number of aromatic nitrogens is 4. The first-order chi connectivity index (χ1) is 14.0. The molecular formula is C20H26IN5O3. The van der Waals surface area contributed by atoms with Crippen molar-refractivity contribution in [1.29, 1.82) is 0 Å². The van der Waals surface area contributed by atoms with Gasteiger partial charge in [0.25, 0.3) is 0 Å². The number of nitrogens with zero attached hydrogens (tertiary/aromatic N) is 4. The molecule has 8 nitrogen and oxygen atoms in total. The van der Waals surface area contributed by atoms with E-state index in [2.05, 4.69) is 42.9 Å². The summed E-state index contributed by atoms with van der Waals surface area (Å²) in [5.41, 5.74) is 0.828. The highest BCUT2D eigenvalue weighted by Gasteiger charge is 2.71. The minimum Gasteiger partial charge on any atom is -0.396 e. The summed E-state index contributed by atoms with van der Waals surface area (Å²) in [6, 6.07) is 0.124. The Labute approximate surface area is 182 Å². The molecule has 4 fully saturated rings. The summed E-state index contributed by atoms with van der Waals surface area (Å²) in [6.07, 6.45) is 7.02. The Hall–Kier alpha value is -1.04. The van der Waals surface area contributed by atoms with Gasteiger partial charge < -0.3 is 25.2 Å². The van der Waals surface area contributed by atoms with Crippen LogP contribution in [0, 0.1) is 27.0 Å². The Balaban J connectivity index is 1.37. The van der Waals surface area contributed by atoms with Crippen molar-refractivity contribution >= 4 is 39.6 Å². The van der Waals surface area contributed by atoms with Crippen LogP contribution in [-0.2, 0) is 0 Å². The molecule has 0 unspecified atom stereocenters. The van der Waals surface area contributed by atoms with Crippen LogP contribution in [0.3, 0.4) is 0 Å². The third kappa shape index (κ3) is 2.69. The Kier molecular flexibility index (Phi) is 4.18. The van der Waals surface area contributed by atoms with Crippen molar-refractivity contribution in [2.45, 2.75) is 62.8 Å². The van der Waals surface area contributed by atoms with Crippen molar-refractivity contribution in [2.24, 2.45) is 23.2 Å². The maximum Gasteiger partial charge on any atom is 0.194 e. The molecule has 4 aliphatic rings. The van der Waals surface area contributed by atoms with E-state index in [1.165, 1.54) is 32.1 Å². The van der Waals surface area contributed by atoms with E-state index in [-0.39, 0.29) is 18.6 Å². The average Bonchev–Trinajstić information content (AvgIpc) is 3.56. The fraction of sp³-hybridized carbons (Fsp3) is 0.750. The van der Waals surface area contributed by atoms with Gasteiger partial charge in [-0.1, -0.05) is 6.42 Å². The fourth-order valence-electron chi connectivity index (χ4n) is 5.79. The lowest BCUT2D eigenvalue weighted by Crippen LogP contribution is -2.36. The van der Waals surface area contributed by atoms with Crippen LogP contribution < -0.4 is 5.32 Å². The summed E-state index contributed by atoms with van der Waals surface area (Å²) in [5.74, 6) is 2.26. The number of aliphatic hydroxyl groups is 3. The van der Waals surface area contributed by atoms with Crippen molar-refractivity contribution in [3.05, 3.63) is 10.2 Å². The lowest BCUT2D eigenvalue weighted by molar-refractivity contribution is -0.0300. The molecule has 0 bridgehead atoms. The molecule has 0 aromatic carbocycles. The molecule has 0 amide bonds. The quantitative estimate of drug-likeness (QED) is 0.345. The zero-order valence-electron chi connectivity index (χ0n) is 16.1. The second-order valence-electron chi connectivity index (χ2n) is 9.49. The third-order valence-electron chi connectivity index (χ3n) is 7.95. The highest BCUT2D eigenvalue weighted by molar-refractivity contribution is 14.1. The number of aliphatic hydroxyl groups excluding tert-OH is 3. The SMILES string of the molecule is OC[C@@]12C[C@@H]1[C@@H](n1cnc3c(N[C@H](C4CCC4)C4CC4)nc(I)nc31)[C@H](O)[C@@H]2O. The molecular weight excluding hydrogens is 485 g/mol. The van der Waals surface area contributed by atoms with E-state index in [1.807, 2.05) is 4.57 Å². The van der Waals surface area contributed by atoms with Crippen LogP contribution in [0.25, 0.3) is 11.2 Å². The summed E-state index contributed by atoms with van der Waals surface area (Å²) in [6.45, 7) is -0.108. The average molecular weight is 511 g/mol. The molecule has 0 spiro atoms. The lowest BCUT2D eigenvalue weighted by Gasteiger charge is -2.35. The molecule has 29 heavy (non-hydrogen) atoms. The first-order valence-electron chi connectivity index (χ1n) is 10.7. The predicted molar refractivity (Wildman–Crippen MR) is 114 cm³/mol. The van der Waals surface area contributed by atoms with Crippen molar-refractivity contribution in [2.75, 3.05) is 11.9 Å². The number of hydrogen-bond donors (Lipinski definition) is 4. The van der Waals surface area contributed by atoms with E-state index in [9.17, 15) is 15.3 Å². The number of nitrogens with one attached hydrogen (secondary N) is 1. The zero-order chi connectivity index (χ0) is 19.9. The van der Waals surface area contributed by atoms with E-state index >= 15 is 0 Å². The Bertz CT molecular complexity index is 961. The number of hydrogen-bond acceptors (Lipinski definition) is 7. The van der Waals surface area contributed by atoms with E-state index in [4.69, 9.17) is 0 Å². The van der Waals surface area contributed by atoms with Crippen LogP contribution in [0.5, 0.6) is 0 Å². The van der Waals surface area contributed by atoms with E-state index in [0.29, 0.717) is 21.9 Å². The van der Waals surface area contributed by atoms with E-state index in [0.717, 1.165) is 23.2 Å². The third-order valence-corrected chi connectivity index (χ3v) is 8.44. The summed E-state index contributed by atoms with van der Waals surface area (Å²) < 4.78 is 2.53. The first-order valence-corrected chi connectivity index (χ1v) is 11.7. The summed E-state index contributed by atoms with van der Waals surface area (Å²) in [5, 5.41) is 34.7. The number of rotatable bonds is 6. The molecule has 4 N–H and O–H groups in total. The highest BCUT2D eigenvalue weighted by Crippen LogP contribution is 2.67. The second kappa shape index (κ2) is 6.48. The molecule has 0 aliphatic heterocycles. The van der Waals surface area contributed by atoms with Gasteiger partial charge in [-0.05, 0) is 49.9 Å². The van der Waals surface area contributed by atoms with Gasteiger partial charge in [0.15, 0.2) is 20.8 Å². The molecule has 2 heterocycles. The largest absolute Gasteiger partial charge is 0.396 e. The number of halogens is 1. The Morgan fingerprint density at radius 2 is 1.97 bits per heavy atom. The molecule has 2 aromatic heterocycles. The van der Waals surface area contributed by atoms with E-state index in [1.54, 1.807) is 6.33 Å². The second-order valence-corrected chi connectivity index (χ2v) is 10.5. The molecule has 6 atom stereocenters. The molecule has 4 saturated carbocycles. The topological polar surface area (TPSA) is 116 Å². The minimum atomic E-state index is -0.934. The molecule has 2 aromatic rings.